The molecule has 0 spiro atoms. The first kappa shape index (κ1) is 19.6. The third-order valence-corrected chi connectivity index (χ3v) is 4.82. The number of nitrogens with zero attached hydrogens (tertiary/aromatic N) is 3. The molecule has 1 aromatic carbocycles. The van der Waals surface area contributed by atoms with Crippen LogP contribution in [0.15, 0.2) is 36.0 Å². The minimum absolute atomic E-state index is 0.0174. The van der Waals surface area contributed by atoms with Gasteiger partial charge in [-0.3, -0.25) is 9.78 Å². The van der Waals surface area contributed by atoms with E-state index in [2.05, 4.69) is 20.3 Å². The molecule has 0 saturated heterocycles. The molecule has 0 atom stereocenters. The van der Waals surface area contributed by atoms with Crippen LogP contribution in [-0.2, 0) is 22.6 Å². The highest BCUT2D eigenvalue weighted by Crippen LogP contribution is 2.18. The van der Waals surface area contributed by atoms with Crippen LogP contribution in [0.3, 0.4) is 0 Å². The van der Waals surface area contributed by atoms with E-state index >= 15 is 0 Å². The Balaban J connectivity index is 1.53. The van der Waals surface area contributed by atoms with Crippen molar-refractivity contribution in [3.05, 3.63) is 69.2 Å². The summed E-state index contributed by atoms with van der Waals surface area (Å²) in [5, 5.41) is 5.34. The van der Waals surface area contributed by atoms with Gasteiger partial charge in [-0.25, -0.2) is 14.8 Å². The van der Waals surface area contributed by atoms with E-state index in [1.165, 1.54) is 23.7 Å². The van der Waals surface area contributed by atoms with E-state index in [9.17, 15) is 9.59 Å². The van der Waals surface area contributed by atoms with Gasteiger partial charge in [-0.15, -0.1) is 11.3 Å². The minimum atomic E-state index is -0.560. The Labute approximate surface area is 166 Å². The maximum absolute atomic E-state index is 12.3. The summed E-state index contributed by atoms with van der Waals surface area (Å²) in [5.41, 5.74) is 4.35. The number of benzene rings is 1. The molecule has 8 heteroatoms. The minimum Gasteiger partial charge on any atom is -0.454 e. The lowest BCUT2D eigenvalue weighted by atomic mass is 10.1. The smallest absolute Gasteiger partial charge is 0.358 e. The summed E-state index contributed by atoms with van der Waals surface area (Å²) in [7, 11) is 0. The van der Waals surface area contributed by atoms with Crippen molar-refractivity contribution in [2.75, 3.05) is 5.32 Å². The largest absolute Gasteiger partial charge is 0.454 e. The summed E-state index contributed by atoms with van der Waals surface area (Å²) in [6.07, 6.45) is 3.04. The van der Waals surface area contributed by atoms with Gasteiger partial charge in [0.2, 0.25) is 5.91 Å². The van der Waals surface area contributed by atoms with Crippen molar-refractivity contribution >= 4 is 28.9 Å². The molecule has 3 rings (SSSR count). The fourth-order valence-corrected chi connectivity index (χ4v) is 3.19. The van der Waals surface area contributed by atoms with E-state index in [4.69, 9.17) is 4.74 Å². The Morgan fingerprint density at radius 1 is 1.14 bits per heavy atom. The zero-order chi connectivity index (χ0) is 20.1. The van der Waals surface area contributed by atoms with Crippen molar-refractivity contribution in [3.63, 3.8) is 0 Å². The Morgan fingerprint density at radius 2 is 1.96 bits per heavy atom. The Morgan fingerprint density at radius 3 is 2.71 bits per heavy atom. The second-order valence-electron chi connectivity index (χ2n) is 6.40. The number of ether oxygens (including phenoxy) is 1. The van der Waals surface area contributed by atoms with Gasteiger partial charge in [-0.05, 0) is 38.0 Å². The van der Waals surface area contributed by atoms with E-state index in [0.29, 0.717) is 10.7 Å². The predicted octanol–water partition coefficient (Wildman–Crippen LogP) is 3.40. The first-order valence-corrected chi connectivity index (χ1v) is 9.55. The number of hydrogen-bond acceptors (Lipinski definition) is 7. The van der Waals surface area contributed by atoms with Crippen molar-refractivity contribution in [1.29, 1.82) is 0 Å². The lowest BCUT2D eigenvalue weighted by Gasteiger charge is -2.08. The van der Waals surface area contributed by atoms with Crippen LogP contribution in [0.4, 0.5) is 5.69 Å². The maximum Gasteiger partial charge on any atom is 0.358 e. The van der Waals surface area contributed by atoms with Crippen molar-refractivity contribution in [2.24, 2.45) is 0 Å². The lowest BCUT2D eigenvalue weighted by molar-refractivity contribution is -0.115. The summed E-state index contributed by atoms with van der Waals surface area (Å²) in [4.78, 5) is 36.6. The van der Waals surface area contributed by atoms with Gasteiger partial charge in [0.15, 0.2) is 5.69 Å². The van der Waals surface area contributed by atoms with Gasteiger partial charge in [-0.1, -0.05) is 12.1 Å². The summed E-state index contributed by atoms with van der Waals surface area (Å²) >= 11 is 1.35. The molecule has 0 aliphatic rings. The Kier molecular flexibility index (Phi) is 6.10. The summed E-state index contributed by atoms with van der Waals surface area (Å²) in [6.45, 7) is 5.73. The number of thiazole rings is 1. The van der Waals surface area contributed by atoms with Gasteiger partial charge >= 0.3 is 5.97 Å². The fourth-order valence-electron chi connectivity index (χ4n) is 2.41. The predicted molar refractivity (Wildman–Crippen MR) is 106 cm³/mol. The molecule has 0 fully saturated rings. The van der Waals surface area contributed by atoms with Gasteiger partial charge in [0.1, 0.15) is 11.6 Å². The normalized spacial score (nSPS) is 10.5. The summed E-state index contributed by atoms with van der Waals surface area (Å²) in [5.74, 6) is -0.698. The van der Waals surface area contributed by atoms with Crippen molar-refractivity contribution < 1.29 is 14.3 Å². The topological polar surface area (TPSA) is 94.1 Å². The standard InChI is InChI=1S/C20H20N4O3S/c1-12-4-5-13(2)16(6-12)24-18(25)7-19-23-15(11-28-19)10-27-20(26)17-9-21-14(3)8-22-17/h4-6,8-9,11H,7,10H2,1-3H3,(H,24,25). The molecule has 0 unspecified atom stereocenters. The van der Waals surface area contributed by atoms with Gasteiger partial charge in [0, 0.05) is 17.3 Å². The molecule has 1 amide bonds. The van der Waals surface area contributed by atoms with Crippen molar-refractivity contribution in [3.8, 4) is 0 Å². The summed E-state index contributed by atoms with van der Waals surface area (Å²) in [6, 6.07) is 5.91. The van der Waals surface area contributed by atoms with Crippen LogP contribution in [0.2, 0.25) is 0 Å². The van der Waals surface area contributed by atoms with E-state index in [1.54, 1.807) is 12.3 Å². The number of nitrogens with one attached hydrogen (secondary N) is 1. The molecule has 2 aromatic heterocycles. The lowest BCUT2D eigenvalue weighted by Crippen LogP contribution is -2.15. The van der Waals surface area contributed by atoms with Crippen LogP contribution in [-0.4, -0.2) is 26.8 Å². The first-order valence-electron chi connectivity index (χ1n) is 8.67. The van der Waals surface area contributed by atoms with Crippen molar-refractivity contribution in [2.45, 2.75) is 33.8 Å². The average molecular weight is 396 g/mol. The highest BCUT2D eigenvalue weighted by atomic mass is 32.1. The number of amides is 1. The molecule has 7 nitrogen and oxygen atoms in total. The maximum atomic E-state index is 12.3. The average Bonchev–Trinajstić information content (AvgIpc) is 3.10. The second kappa shape index (κ2) is 8.71. The number of carbonyl (C=O) groups excluding carboxylic acids is 2. The SMILES string of the molecule is Cc1ccc(C)c(NC(=O)Cc2nc(COC(=O)c3cnc(C)cn3)cs2)c1. The highest BCUT2D eigenvalue weighted by molar-refractivity contribution is 7.09. The van der Waals surface area contributed by atoms with E-state index in [-0.39, 0.29) is 24.6 Å². The Hall–Kier alpha value is -3.13. The molecule has 0 saturated carbocycles. The van der Waals surface area contributed by atoms with E-state index in [1.807, 2.05) is 32.0 Å². The van der Waals surface area contributed by atoms with Crippen LogP contribution >= 0.6 is 11.3 Å². The van der Waals surface area contributed by atoms with E-state index in [0.717, 1.165) is 22.5 Å². The molecule has 0 radical (unpaired) electrons. The van der Waals surface area contributed by atoms with Crippen LogP contribution in [0.5, 0.6) is 0 Å². The van der Waals surface area contributed by atoms with Gasteiger partial charge < -0.3 is 10.1 Å². The van der Waals surface area contributed by atoms with Crippen LogP contribution in [0.25, 0.3) is 0 Å². The fraction of sp³-hybridized carbons (Fsp3) is 0.250. The third-order valence-electron chi connectivity index (χ3n) is 3.92. The van der Waals surface area contributed by atoms with Gasteiger partial charge in [-0.2, -0.15) is 0 Å². The molecule has 144 valence electrons. The number of carbonyl (C=O) groups is 2. The zero-order valence-corrected chi connectivity index (χ0v) is 16.7. The number of aryl methyl sites for hydroxylation is 3. The quantitative estimate of drug-likeness (QED) is 0.642. The molecule has 1 N–H and O–H groups in total. The number of hydrogen-bond donors (Lipinski definition) is 1. The molecular formula is C20H20N4O3S. The van der Waals surface area contributed by atoms with E-state index < -0.39 is 5.97 Å². The zero-order valence-electron chi connectivity index (χ0n) is 15.9. The molecule has 0 bridgehead atoms. The number of aromatic nitrogens is 3. The van der Waals surface area contributed by atoms with Gasteiger partial charge in [0.25, 0.3) is 0 Å². The second-order valence-corrected chi connectivity index (χ2v) is 7.34. The monoisotopic (exact) mass is 396 g/mol. The molecule has 28 heavy (non-hydrogen) atoms. The summed E-state index contributed by atoms with van der Waals surface area (Å²) < 4.78 is 5.20. The van der Waals surface area contributed by atoms with Gasteiger partial charge in [0.05, 0.1) is 24.0 Å². The third kappa shape index (κ3) is 5.20. The molecule has 0 aliphatic heterocycles. The highest BCUT2D eigenvalue weighted by Gasteiger charge is 2.13. The van der Waals surface area contributed by atoms with Crippen LogP contribution in [0, 0.1) is 20.8 Å². The van der Waals surface area contributed by atoms with Crippen molar-refractivity contribution in [1.82, 2.24) is 15.0 Å². The number of anilines is 1. The van der Waals surface area contributed by atoms with Crippen LogP contribution < -0.4 is 5.32 Å². The first-order chi connectivity index (χ1) is 13.4. The van der Waals surface area contributed by atoms with Crippen LogP contribution in [0.1, 0.15) is 38.0 Å². The number of rotatable bonds is 6. The molecular weight excluding hydrogens is 376 g/mol. The Bertz CT molecular complexity index is 999. The molecule has 3 aromatic rings. The molecule has 0 aliphatic carbocycles. The molecule has 2 heterocycles. The number of esters is 1.